The Kier molecular flexibility index (Phi) is 9.64. The molecule has 1 aliphatic heterocycles. The molecule has 1 fully saturated rings. The quantitative estimate of drug-likeness (QED) is 0.0551. The first-order valence-corrected chi connectivity index (χ1v) is 15.5. The van der Waals surface area contributed by atoms with Crippen molar-refractivity contribution >= 4 is 61.1 Å². The Bertz CT molecular complexity index is 1810. The lowest BCUT2D eigenvalue weighted by Crippen LogP contribution is -2.68. The number of nitrogen functional groups attached to an aromatic ring is 1. The molecule has 21 heteroatoms. The Morgan fingerprint density at radius 1 is 1.33 bits per heavy atom. The standard InChI is InChI=1S/C25H29F2N7O10S2/c1-24(2)15(21(36)34(24)44-46(39,40)41)7-18(35)20(16-10-45-23(29)30-16)31-43-19(22(37)38)9-42-14-4-5-17-13(6-14)8-33(32(17)3)12-25(26,27)11-28/h4-6,8,10,15,19H,7,9,11-12,28H2,1-3H3,(H3-,29,30,37,38,39,40,41)/p+1/b31-20-/t15-,19+/m1/s1. The lowest BCUT2D eigenvalue weighted by atomic mass is 9.74. The third-order valence-corrected chi connectivity index (χ3v) is 8.13. The van der Waals surface area contributed by atoms with E-state index in [0.29, 0.717) is 16.0 Å². The summed E-state index contributed by atoms with van der Waals surface area (Å²) in [4.78, 5) is 47.0. The minimum Gasteiger partial charge on any atom is -0.489 e. The summed E-state index contributed by atoms with van der Waals surface area (Å²) in [5.74, 6) is -7.32. The van der Waals surface area contributed by atoms with Crippen molar-refractivity contribution in [2.24, 2.45) is 23.9 Å². The van der Waals surface area contributed by atoms with Gasteiger partial charge in [0.25, 0.3) is 12.0 Å². The molecule has 2 atom stereocenters. The van der Waals surface area contributed by atoms with Crippen molar-refractivity contribution in [2.45, 2.75) is 44.4 Å². The predicted octanol–water partition coefficient (Wildman–Crippen LogP) is 0.282. The normalized spacial score (nSPS) is 17.5. The average molecular weight is 691 g/mol. The number of amides is 1. The second kappa shape index (κ2) is 12.8. The second-order valence-electron chi connectivity index (χ2n) is 10.8. The number of fused-ring (bicyclic) bond motifs is 1. The van der Waals surface area contributed by atoms with Gasteiger partial charge in [-0.3, -0.25) is 14.1 Å². The number of hydrogen-bond acceptors (Lipinski definition) is 13. The van der Waals surface area contributed by atoms with Gasteiger partial charge in [-0.15, -0.1) is 20.3 Å². The number of hydrogen-bond donors (Lipinski definition) is 4. The molecule has 250 valence electrons. The number of carboxylic acid groups (broad SMARTS) is 1. The lowest BCUT2D eigenvalue weighted by molar-refractivity contribution is -0.783. The number of ether oxygens (including phenoxy) is 1. The van der Waals surface area contributed by atoms with Crippen molar-refractivity contribution in [3.8, 4) is 5.75 Å². The molecule has 0 unspecified atom stereocenters. The van der Waals surface area contributed by atoms with Crippen LogP contribution in [-0.4, -0.2) is 86.9 Å². The monoisotopic (exact) mass is 690 g/mol. The van der Waals surface area contributed by atoms with E-state index in [1.54, 1.807) is 13.1 Å². The number of aromatic nitrogens is 3. The zero-order valence-electron chi connectivity index (χ0n) is 24.5. The first kappa shape index (κ1) is 34.6. The largest absolute Gasteiger partial charge is 0.489 e. The van der Waals surface area contributed by atoms with E-state index in [9.17, 15) is 36.7 Å². The topological polar surface area (TPSA) is 243 Å². The lowest BCUT2D eigenvalue weighted by Gasteiger charge is -2.50. The number of halogens is 2. The Balaban J connectivity index is 1.50. The fraction of sp³-hybridized carbons (Fsp3) is 0.440. The summed E-state index contributed by atoms with van der Waals surface area (Å²) < 4.78 is 71.5. The summed E-state index contributed by atoms with van der Waals surface area (Å²) in [6.45, 7) is 0.696. The highest BCUT2D eigenvalue weighted by Gasteiger charge is 2.57. The van der Waals surface area contributed by atoms with Crippen LogP contribution in [0.25, 0.3) is 10.9 Å². The number of nitrogens with two attached hydrogens (primary N) is 2. The van der Waals surface area contributed by atoms with Crippen LogP contribution in [0, 0.1) is 5.92 Å². The number of nitrogens with zero attached hydrogens (tertiary/aromatic N) is 5. The van der Waals surface area contributed by atoms with E-state index in [2.05, 4.69) is 14.4 Å². The van der Waals surface area contributed by atoms with Crippen molar-refractivity contribution in [1.82, 2.24) is 14.7 Å². The fourth-order valence-corrected chi connectivity index (χ4v) is 5.58. The number of carboxylic acids is 1. The average Bonchev–Trinajstić information content (AvgIpc) is 3.52. The number of aliphatic carboxylic acids is 1. The summed E-state index contributed by atoms with van der Waals surface area (Å²) in [5.41, 5.74) is 9.52. The van der Waals surface area contributed by atoms with Crippen LogP contribution in [-0.2, 0) is 47.5 Å². The van der Waals surface area contributed by atoms with Gasteiger partial charge in [-0.05, 0) is 32.0 Å². The number of thiazole rings is 1. The van der Waals surface area contributed by atoms with Crippen LogP contribution in [0.2, 0.25) is 0 Å². The number of rotatable bonds is 15. The van der Waals surface area contributed by atoms with E-state index in [4.69, 9.17) is 25.6 Å². The van der Waals surface area contributed by atoms with Crippen molar-refractivity contribution in [3.63, 3.8) is 0 Å². The number of oxime groups is 1. The highest BCUT2D eigenvalue weighted by atomic mass is 32.3. The number of carbonyl (C=O) groups is 3. The molecule has 0 saturated carbocycles. The van der Waals surface area contributed by atoms with E-state index in [1.165, 1.54) is 46.9 Å². The maximum Gasteiger partial charge on any atom is 0.418 e. The van der Waals surface area contributed by atoms with Crippen LogP contribution in [0.15, 0.2) is 34.9 Å². The Morgan fingerprint density at radius 3 is 2.59 bits per heavy atom. The number of hydroxylamine groups is 2. The van der Waals surface area contributed by atoms with Crippen molar-refractivity contribution < 1.29 is 59.8 Å². The number of ketones is 1. The van der Waals surface area contributed by atoms with E-state index in [1.807, 2.05) is 0 Å². The molecule has 1 aromatic carbocycles. The highest BCUT2D eigenvalue weighted by Crippen LogP contribution is 2.40. The van der Waals surface area contributed by atoms with Crippen molar-refractivity contribution in [1.29, 1.82) is 0 Å². The van der Waals surface area contributed by atoms with Gasteiger partial charge < -0.3 is 26.1 Å². The molecular weight excluding hydrogens is 660 g/mol. The van der Waals surface area contributed by atoms with Gasteiger partial charge in [0.05, 0.1) is 30.4 Å². The molecule has 0 radical (unpaired) electrons. The summed E-state index contributed by atoms with van der Waals surface area (Å²) in [5, 5.41) is 15.8. The van der Waals surface area contributed by atoms with Crippen LogP contribution >= 0.6 is 11.3 Å². The van der Waals surface area contributed by atoms with Gasteiger partial charge in [0.2, 0.25) is 12.7 Å². The van der Waals surface area contributed by atoms with Crippen LogP contribution in [0.5, 0.6) is 5.75 Å². The molecule has 0 bridgehead atoms. The van der Waals surface area contributed by atoms with Crippen LogP contribution in [0.1, 0.15) is 26.0 Å². The summed E-state index contributed by atoms with van der Waals surface area (Å²) in [7, 11) is -3.43. The molecule has 2 aromatic heterocycles. The van der Waals surface area contributed by atoms with E-state index < -0.39 is 83.4 Å². The predicted molar refractivity (Wildman–Crippen MR) is 155 cm³/mol. The number of benzene rings is 1. The number of Topliss-reactive ketones (excluding diaryl/α,β-unsaturated/α-hetero) is 1. The van der Waals surface area contributed by atoms with E-state index in [-0.39, 0.29) is 16.6 Å². The van der Waals surface area contributed by atoms with Gasteiger partial charge in [-0.2, -0.15) is 26.9 Å². The molecule has 46 heavy (non-hydrogen) atoms. The Morgan fingerprint density at radius 2 is 2.02 bits per heavy atom. The van der Waals surface area contributed by atoms with Gasteiger partial charge in [0, 0.05) is 11.8 Å². The van der Waals surface area contributed by atoms with Crippen molar-refractivity contribution in [2.75, 3.05) is 18.9 Å². The van der Waals surface area contributed by atoms with E-state index in [0.717, 1.165) is 11.3 Å². The third kappa shape index (κ3) is 7.55. The molecule has 4 rings (SSSR count). The van der Waals surface area contributed by atoms with Gasteiger partial charge in [-0.1, -0.05) is 5.16 Å². The number of aryl methyl sites for hydroxylation is 1. The van der Waals surface area contributed by atoms with Gasteiger partial charge >= 0.3 is 22.3 Å². The van der Waals surface area contributed by atoms with Crippen LogP contribution in [0.3, 0.4) is 0 Å². The minimum atomic E-state index is -5.02. The van der Waals surface area contributed by atoms with E-state index >= 15 is 0 Å². The highest BCUT2D eigenvalue weighted by molar-refractivity contribution is 7.80. The molecule has 6 N–H and O–H groups in total. The maximum absolute atomic E-state index is 13.9. The smallest absolute Gasteiger partial charge is 0.418 e. The third-order valence-electron chi connectivity index (χ3n) is 7.12. The zero-order valence-corrected chi connectivity index (χ0v) is 26.1. The summed E-state index contributed by atoms with van der Waals surface area (Å²) >= 11 is 0.948. The maximum atomic E-state index is 13.9. The minimum absolute atomic E-state index is 0.0470. The number of carbonyl (C=O) groups excluding carboxylic acids is 2. The van der Waals surface area contributed by atoms with Crippen LogP contribution in [0.4, 0.5) is 13.9 Å². The molecule has 1 aliphatic rings. The Labute approximate surface area is 263 Å². The second-order valence-corrected chi connectivity index (χ2v) is 12.6. The summed E-state index contributed by atoms with van der Waals surface area (Å²) in [6, 6.07) is 4.59. The Hall–Kier alpha value is -4.31. The van der Waals surface area contributed by atoms with Gasteiger partial charge in [0.1, 0.15) is 23.6 Å². The number of alkyl halides is 2. The molecule has 3 heterocycles. The molecule has 17 nitrogen and oxygen atoms in total. The molecule has 0 spiro atoms. The van der Waals surface area contributed by atoms with Gasteiger partial charge in [0.15, 0.2) is 16.6 Å². The van der Waals surface area contributed by atoms with Crippen molar-refractivity contribution in [3.05, 3.63) is 35.5 Å². The fourth-order valence-electron chi connectivity index (χ4n) is 4.58. The molecule has 0 aliphatic carbocycles. The SMILES string of the molecule is Cn1c2ccc(OC[C@H](O/N=C(\C(=O)C[C@@H]3C(=O)N(OS(=O)(=O)O)C3(C)C)c3csc(N)n3)C(=O)O)cc2c[n+]1CC(F)(F)CN. The number of β-lactam (4-membered cyclic amide) rings is 1. The zero-order chi connectivity index (χ0) is 34.2. The first-order chi connectivity index (χ1) is 21.3. The molecule has 1 saturated heterocycles. The summed E-state index contributed by atoms with van der Waals surface area (Å²) in [6.07, 6.45) is -0.834. The van der Waals surface area contributed by atoms with Gasteiger partial charge in [-0.25, -0.2) is 9.78 Å². The van der Waals surface area contributed by atoms with Crippen LogP contribution < -0.4 is 20.9 Å². The molecule has 3 aromatic rings. The first-order valence-electron chi connectivity index (χ1n) is 13.2. The molecular formula is C25H30F2N7O10S2+. The number of anilines is 1. The molecule has 1 amide bonds.